The Morgan fingerprint density at radius 3 is 2.93 bits per heavy atom. The van der Waals surface area contributed by atoms with Gasteiger partial charge in [0.2, 0.25) is 0 Å². The van der Waals surface area contributed by atoms with Crippen LogP contribution in [0.1, 0.15) is 39.0 Å². The van der Waals surface area contributed by atoms with Crippen molar-refractivity contribution in [3.8, 4) is 0 Å². The number of hydrogen-bond donors (Lipinski definition) is 1. The highest BCUT2D eigenvalue weighted by atomic mass is 16.5. The molecule has 0 heterocycles. The second kappa shape index (κ2) is 4.84. The molecule has 0 spiro atoms. The summed E-state index contributed by atoms with van der Waals surface area (Å²) in [5.74, 6) is 1.11. The maximum atomic E-state index is 5.94. The number of allylic oxidation sites excluding steroid dienone is 3. The van der Waals surface area contributed by atoms with Gasteiger partial charge in [-0.15, -0.1) is 0 Å². The molecule has 0 amide bonds. The van der Waals surface area contributed by atoms with E-state index in [0.29, 0.717) is 12.1 Å². The Kier molecular flexibility index (Phi) is 3.47. The van der Waals surface area contributed by atoms with Gasteiger partial charge in [-0.25, -0.2) is 0 Å². The van der Waals surface area contributed by atoms with Crippen LogP contribution in [0.4, 0.5) is 0 Å². The zero-order valence-corrected chi connectivity index (χ0v) is 9.75. The molecule has 0 aromatic rings. The van der Waals surface area contributed by atoms with E-state index in [1.54, 1.807) is 0 Å². The Labute approximate surface area is 92.4 Å². The van der Waals surface area contributed by atoms with E-state index in [2.05, 4.69) is 24.4 Å². The summed E-state index contributed by atoms with van der Waals surface area (Å²) in [6, 6.07) is 0.675. The van der Waals surface area contributed by atoms with Gasteiger partial charge in [-0.1, -0.05) is 12.5 Å². The third-order valence-electron chi connectivity index (χ3n) is 3.42. The van der Waals surface area contributed by atoms with Crippen LogP contribution in [0.25, 0.3) is 0 Å². The van der Waals surface area contributed by atoms with Crippen molar-refractivity contribution in [2.24, 2.45) is 0 Å². The minimum atomic E-state index is 0.446. The Balaban J connectivity index is 1.81. The maximum Gasteiger partial charge on any atom is 0.115 e. The van der Waals surface area contributed by atoms with E-state index >= 15 is 0 Å². The number of nitrogens with one attached hydrogen (secondary N) is 1. The van der Waals surface area contributed by atoms with Gasteiger partial charge >= 0.3 is 0 Å². The highest BCUT2D eigenvalue weighted by Gasteiger charge is 2.29. The first-order valence-electron chi connectivity index (χ1n) is 6.05. The van der Waals surface area contributed by atoms with Gasteiger partial charge in [0, 0.05) is 6.04 Å². The minimum Gasteiger partial charge on any atom is -0.491 e. The SMILES string of the molecule is CCC1=CC(O[C@H]2C[C@@H](NC)C2)=CCC1. The monoisotopic (exact) mass is 207 g/mol. The van der Waals surface area contributed by atoms with Gasteiger partial charge in [0.15, 0.2) is 0 Å². The number of hydrogen-bond acceptors (Lipinski definition) is 2. The zero-order valence-electron chi connectivity index (χ0n) is 9.75. The molecule has 0 aromatic heterocycles. The molecule has 15 heavy (non-hydrogen) atoms. The molecular weight excluding hydrogens is 186 g/mol. The minimum absolute atomic E-state index is 0.446. The summed E-state index contributed by atoms with van der Waals surface area (Å²) in [6.07, 6.45) is 10.7. The van der Waals surface area contributed by atoms with Crippen LogP contribution >= 0.6 is 0 Å². The fourth-order valence-electron chi connectivity index (χ4n) is 2.18. The van der Waals surface area contributed by atoms with E-state index in [9.17, 15) is 0 Å². The highest BCUT2D eigenvalue weighted by molar-refractivity contribution is 5.23. The molecule has 2 nitrogen and oxygen atoms in total. The lowest BCUT2D eigenvalue weighted by atomic mass is 9.89. The fourth-order valence-corrected chi connectivity index (χ4v) is 2.18. The zero-order chi connectivity index (χ0) is 10.7. The quantitative estimate of drug-likeness (QED) is 0.765. The lowest BCUT2D eigenvalue weighted by molar-refractivity contribution is 0.0346. The molecule has 2 heteroatoms. The van der Waals surface area contributed by atoms with Crippen LogP contribution in [0.3, 0.4) is 0 Å². The van der Waals surface area contributed by atoms with Crippen LogP contribution in [-0.4, -0.2) is 19.2 Å². The fraction of sp³-hybridized carbons (Fsp3) is 0.692. The molecule has 2 rings (SSSR count). The van der Waals surface area contributed by atoms with Gasteiger partial charge in [0.1, 0.15) is 11.9 Å². The second-order valence-electron chi connectivity index (χ2n) is 4.50. The molecule has 0 atom stereocenters. The van der Waals surface area contributed by atoms with Crippen LogP contribution in [0.5, 0.6) is 0 Å². The van der Waals surface area contributed by atoms with Crippen LogP contribution in [0.2, 0.25) is 0 Å². The van der Waals surface area contributed by atoms with Gasteiger partial charge in [0.25, 0.3) is 0 Å². The van der Waals surface area contributed by atoms with Crippen molar-refractivity contribution in [1.82, 2.24) is 5.32 Å². The van der Waals surface area contributed by atoms with E-state index in [1.165, 1.54) is 12.0 Å². The summed E-state index contributed by atoms with van der Waals surface area (Å²) < 4.78 is 5.94. The van der Waals surface area contributed by atoms with Crippen molar-refractivity contribution in [2.75, 3.05) is 7.05 Å². The summed E-state index contributed by atoms with van der Waals surface area (Å²) in [4.78, 5) is 0. The van der Waals surface area contributed by atoms with Crippen molar-refractivity contribution >= 4 is 0 Å². The smallest absolute Gasteiger partial charge is 0.115 e. The third-order valence-corrected chi connectivity index (χ3v) is 3.42. The number of ether oxygens (including phenoxy) is 1. The van der Waals surface area contributed by atoms with Crippen LogP contribution in [0.15, 0.2) is 23.5 Å². The molecule has 0 bridgehead atoms. The topological polar surface area (TPSA) is 21.3 Å². The highest BCUT2D eigenvalue weighted by Crippen LogP contribution is 2.28. The van der Waals surface area contributed by atoms with Crippen LogP contribution < -0.4 is 5.32 Å². The van der Waals surface area contributed by atoms with Crippen molar-refractivity contribution in [3.63, 3.8) is 0 Å². The molecule has 1 N–H and O–H groups in total. The van der Waals surface area contributed by atoms with Gasteiger partial charge in [-0.3, -0.25) is 0 Å². The van der Waals surface area contributed by atoms with Gasteiger partial charge in [0.05, 0.1) is 0 Å². The summed E-state index contributed by atoms with van der Waals surface area (Å²) >= 11 is 0. The van der Waals surface area contributed by atoms with E-state index in [1.807, 2.05) is 7.05 Å². The van der Waals surface area contributed by atoms with Gasteiger partial charge < -0.3 is 10.1 Å². The summed E-state index contributed by atoms with van der Waals surface area (Å²) in [5, 5.41) is 3.27. The maximum absolute atomic E-state index is 5.94. The molecule has 2 aliphatic carbocycles. The summed E-state index contributed by atoms with van der Waals surface area (Å²) in [5.41, 5.74) is 1.52. The molecule has 0 unspecified atom stereocenters. The molecule has 1 saturated carbocycles. The van der Waals surface area contributed by atoms with Gasteiger partial charge in [-0.2, -0.15) is 0 Å². The first kappa shape index (κ1) is 10.7. The summed E-state index contributed by atoms with van der Waals surface area (Å²) in [6.45, 7) is 2.22. The Hall–Kier alpha value is -0.760. The molecule has 84 valence electrons. The normalized spacial score (nSPS) is 30.3. The van der Waals surface area contributed by atoms with E-state index in [0.717, 1.165) is 31.4 Å². The lowest BCUT2D eigenvalue weighted by Gasteiger charge is -2.35. The first-order chi connectivity index (χ1) is 7.31. The van der Waals surface area contributed by atoms with Crippen molar-refractivity contribution in [1.29, 1.82) is 0 Å². The average molecular weight is 207 g/mol. The van der Waals surface area contributed by atoms with E-state index < -0.39 is 0 Å². The van der Waals surface area contributed by atoms with E-state index in [4.69, 9.17) is 4.74 Å². The predicted molar refractivity (Wildman–Crippen MR) is 62.6 cm³/mol. The second-order valence-corrected chi connectivity index (χ2v) is 4.50. The molecular formula is C13H21NO. The Bertz CT molecular complexity index is 274. The molecule has 0 aliphatic heterocycles. The first-order valence-corrected chi connectivity index (χ1v) is 6.05. The molecule has 2 aliphatic rings. The van der Waals surface area contributed by atoms with Crippen LogP contribution in [-0.2, 0) is 4.74 Å². The largest absolute Gasteiger partial charge is 0.491 e. The lowest BCUT2D eigenvalue weighted by Crippen LogP contribution is -2.43. The van der Waals surface area contributed by atoms with E-state index in [-0.39, 0.29) is 0 Å². The molecule has 0 radical (unpaired) electrons. The molecule has 0 aromatic carbocycles. The standard InChI is InChI=1S/C13H21NO/c1-3-10-5-4-6-12(7-10)15-13-8-11(9-13)14-2/h6-7,11,13-14H,3-5,8-9H2,1-2H3/t11-,13+. The van der Waals surface area contributed by atoms with Crippen molar-refractivity contribution in [3.05, 3.63) is 23.5 Å². The van der Waals surface area contributed by atoms with Gasteiger partial charge in [-0.05, 0) is 51.3 Å². The average Bonchev–Trinajstić information content (AvgIpc) is 2.23. The number of rotatable bonds is 4. The Morgan fingerprint density at radius 1 is 1.47 bits per heavy atom. The van der Waals surface area contributed by atoms with Crippen molar-refractivity contribution < 1.29 is 4.74 Å². The van der Waals surface area contributed by atoms with Crippen molar-refractivity contribution in [2.45, 2.75) is 51.2 Å². The predicted octanol–water partition coefficient (Wildman–Crippen LogP) is 2.77. The van der Waals surface area contributed by atoms with Crippen LogP contribution in [0, 0.1) is 0 Å². The summed E-state index contributed by atoms with van der Waals surface area (Å²) in [7, 11) is 2.02. The molecule has 1 fully saturated rings. The Morgan fingerprint density at radius 2 is 2.27 bits per heavy atom. The third kappa shape index (κ3) is 2.63. The molecule has 0 saturated heterocycles.